The molecular weight excluding hydrogens is 297 g/mol. The second-order valence-corrected chi connectivity index (χ2v) is 6.29. The van der Waals surface area contributed by atoms with E-state index in [1.165, 1.54) is 12.1 Å². The Morgan fingerprint density at radius 1 is 1.30 bits per heavy atom. The van der Waals surface area contributed by atoms with Crippen LogP contribution < -0.4 is 5.32 Å². The molecule has 124 valence electrons. The van der Waals surface area contributed by atoms with E-state index in [1.807, 2.05) is 6.20 Å². The predicted molar refractivity (Wildman–Crippen MR) is 85.5 cm³/mol. The fourth-order valence-electron chi connectivity index (χ4n) is 2.10. The second kappa shape index (κ2) is 7.37. The minimum atomic E-state index is -0.786. The molecule has 0 fully saturated rings. The van der Waals surface area contributed by atoms with E-state index in [2.05, 4.69) is 10.4 Å². The molecule has 0 aliphatic rings. The van der Waals surface area contributed by atoms with Gasteiger partial charge >= 0.3 is 5.97 Å². The SMILES string of the molecule is CC(C)(CCNCc1cnn(Cc2ccc(F)cc2)c1)C(=O)O. The molecule has 2 aromatic rings. The van der Waals surface area contributed by atoms with Gasteiger partial charge in [0.25, 0.3) is 0 Å². The highest BCUT2D eigenvalue weighted by Gasteiger charge is 2.26. The Morgan fingerprint density at radius 2 is 2.00 bits per heavy atom. The Balaban J connectivity index is 1.79. The van der Waals surface area contributed by atoms with Crippen molar-refractivity contribution in [2.75, 3.05) is 6.54 Å². The highest BCUT2D eigenvalue weighted by atomic mass is 19.1. The highest BCUT2D eigenvalue weighted by molar-refractivity contribution is 5.73. The molecule has 2 N–H and O–H groups in total. The molecule has 23 heavy (non-hydrogen) atoms. The third-order valence-corrected chi connectivity index (χ3v) is 3.78. The van der Waals surface area contributed by atoms with Crippen LogP contribution in [0.4, 0.5) is 4.39 Å². The third-order valence-electron chi connectivity index (χ3n) is 3.78. The Kier molecular flexibility index (Phi) is 5.50. The zero-order valence-corrected chi connectivity index (χ0v) is 13.4. The summed E-state index contributed by atoms with van der Waals surface area (Å²) in [7, 11) is 0. The van der Waals surface area contributed by atoms with Crippen LogP contribution in [0, 0.1) is 11.2 Å². The number of aromatic nitrogens is 2. The molecule has 0 saturated carbocycles. The molecule has 6 heteroatoms. The first-order chi connectivity index (χ1) is 10.9. The third kappa shape index (κ3) is 5.17. The standard InChI is InChI=1S/C17H22FN3O2/c1-17(2,16(22)23)7-8-19-9-14-10-20-21(12-14)11-13-3-5-15(18)6-4-13/h3-6,10,12,19H,7-9,11H2,1-2H3,(H,22,23). The maximum atomic E-state index is 12.9. The van der Waals surface area contributed by atoms with Crippen LogP contribution in [0.25, 0.3) is 0 Å². The van der Waals surface area contributed by atoms with Crippen LogP contribution >= 0.6 is 0 Å². The molecule has 0 saturated heterocycles. The van der Waals surface area contributed by atoms with Crippen LogP contribution in [-0.2, 0) is 17.9 Å². The Bertz CT molecular complexity index is 650. The summed E-state index contributed by atoms with van der Waals surface area (Å²) in [6.07, 6.45) is 4.27. The minimum Gasteiger partial charge on any atom is -0.481 e. The number of nitrogens with one attached hydrogen (secondary N) is 1. The number of benzene rings is 1. The molecule has 0 bridgehead atoms. The van der Waals surface area contributed by atoms with E-state index in [-0.39, 0.29) is 5.82 Å². The van der Waals surface area contributed by atoms with Gasteiger partial charge in [-0.05, 0) is 44.5 Å². The van der Waals surface area contributed by atoms with Crippen molar-refractivity contribution in [3.63, 3.8) is 0 Å². The van der Waals surface area contributed by atoms with E-state index in [9.17, 15) is 9.18 Å². The van der Waals surface area contributed by atoms with Crippen LogP contribution in [0.15, 0.2) is 36.7 Å². The second-order valence-electron chi connectivity index (χ2n) is 6.29. The van der Waals surface area contributed by atoms with Crippen molar-refractivity contribution in [1.29, 1.82) is 0 Å². The van der Waals surface area contributed by atoms with Gasteiger partial charge in [-0.2, -0.15) is 5.10 Å². The van der Waals surface area contributed by atoms with Crippen LogP contribution in [0.3, 0.4) is 0 Å². The summed E-state index contributed by atoms with van der Waals surface area (Å²) in [6.45, 7) is 5.29. The largest absolute Gasteiger partial charge is 0.481 e. The molecule has 0 spiro atoms. The smallest absolute Gasteiger partial charge is 0.309 e. The quantitative estimate of drug-likeness (QED) is 0.734. The molecule has 5 nitrogen and oxygen atoms in total. The fourth-order valence-corrected chi connectivity index (χ4v) is 2.10. The zero-order valence-electron chi connectivity index (χ0n) is 13.4. The van der Waals surface area contributed by atoms with Crippen LogP contribution in [-0.4, -0.2) is 27.4 Å². The highest BCUT2D eigenvalue weighted by Crippen LogP contribution is 2.19. The summed E-state index contributed by atoms with van der Waals surface area (Å²) >= 11 is 0. The summed E-state index contributed by atoms with van der Waals surface area (Å²) in [6, 6.07) is 6.35. The molecule has 1 aromatic carbocycles. The number of aliphatic carboxylic acids is 1. The van der Waals surface area contributed by atoms with E-state index < -0.39 is 11.4 Å². The first-order valence-electron chi connectivity index (χ1n) is 7.57. The summed E-state index contributed by atoms with van der Waals surface area (Å²) in [4.78, 5) is 11.0. The molecule has 0 radical (unpaired) electrons. The number of hydrogen-bond acceptors (Lipinski definition) is 3. The molecule has 0 atom stereocenters. The Hall–Kier alpha value is -2.21. The van der Waals surface area contributed by atoms with Gasteiger partial charge in [-0.15, -0.1) is 0 Å². The number of nitrogens with zero attached hydrogens (tertiary/aromatic N) is 2. The minimum absolute atomic E-state index is 0.247. The summed E-state index contributed by atoms with van der Waals surface area (Å²) in [5.74, 6) is -1.03. The monoisotopic (exact) mass is 319 g/mol. The summed E-state index contributed by atoms with van der Waals surface area (Å²) in [5.41, 5.74) is 1.29. The van der Waals surface area contributed by atoms with Gasteiger partial charge in [0, 0.05) is 18.3 Å². The van der Waals surface area contributed by atoms with E-state index in [0.717, 1.165) is 11.1 Å². The molecule has 0 aliphatic heterocycles. The first kappa shape index (κ1) is 17.1. The van der Waals surface area contributed by atoms with Gasteiger partial charge < -0.3 is 10.4 Å². The average molecular weight is 319 g/mol. The van der Waals surface area contributed by atoms with Crippen LogP contribution in [0.1, 0.15) is 31.4 Å². The number of hydrogen-bond donors (Lipinski definition) is 2. The van der Waals surface area contributed by atoms with E-state index in [0.29, 0.717) is 26.1 Å². The number of rotatable bonds is 8. The molecule has 0 unspecified atom stereocenters. The zero-order chi connectivity index (χ0) is 16.9. The van der Waals surface area contributed by atoms with E-state index >= 15 is 0 Å². The summed E-state index contributed by atoms with van der Waals surface area (Å²) in [5, 5.41) is 16.6. The van der Waals surface area contributed by atoms with Gasteiger partial charge in [-0.25, -0.2) is 4.39 Å². The van der Waals surface area contributed by atoms with Gasteiger partial charge in [0.1, 0.15) is 5.82 Å². The maximum Gasteiger partial charge on any atom is 0.309 e. The molecule has 1 heterocycles. The number of carbonyl (C=O) groups is 1. The topological polar surface area (TPSA) is 67.2 Å². The number of halogens is 1. The average Bonchev–Trinajstić information content (AvgIpc) is 2.93. The van der Waals surface area contributed by atoms with Crippen molar-refractivity contribution in [3.8, 4) is 0 Å². The van der Waals surface area contributed by atoms with Crippen molar-refractivity contribution in [1.82, 2.24) is 15.1 Å². The van der Waals surface area contributed by atoms with E-state index in [1.54, 1.807) is 36.9 Å². The lowest BCUT2D eigenvalue weighted by atomic mass is 9.90. The van der Waals surface area contributed by atoms with Crippen LogP contribution in [0.2, 0.25) is 0 Å². The van der Waals surface area contributed by atoms with Crippen molar-refractivity contribution in [2.24, 2.45) is 5.41 Å². The predicted octanol–water partition coefficient (Wildman–Crippen LogP) is 2.66. The van der Waals surface area contributed by atoms with E-state index in [4.69, 9.17) is 5.11 Å². The van der Waals surface area contributed by atoms with Crippen LogP contribution in [0.5, 0.6) is 0 Å². The molecule has 0 aliphatic carbocycles. The number of carboxylic acids is 1. The normalized spacial score (nSPS) is 11.6. The van der Waals surface area contributed by atoms with Crippen molar-refractivity contribution in [2.45, 2.75) is 33.4 Å². The summed E-state index contributed by atoms with van der Waals surface area (Å²) < 4.78 is 14.7. The molecule has 2 rings (SSSR count). The van der Waals surface area contributed by atoms with Crippen molar-refractivity contribution >= 4 is 5.97 Å². The van der Waals surface area contributed by atoms with Gasteiger partial charge in [-0.1, -0.05) is 12.1 Å². The molecular formula is C17H22FN3O2. The molecule has 0 amide bonds. The maximum absolute atomic E-state index is 12.9. The lowest BCUT2D eigenvalue weighted by Gasteiger charge is -2.18. The van der Waals surface area contributed by atoms with Gasteiger partial charge in [0.2, 0.25) is 0 Å². The van der Waals surface area contributed by atoms with Gasteiger partial charge in [0.05, 0.1) is 18.2 Å². The van der Waals surface area contributed by atoms with Gasteiger partial charge in [-0.3, -0.25) is 9.48 Å². The molecule has 1 aromatic heterocycles. The fraction of sp³-hybridized carbons (Fsp3) is 0.412. The number of carboxylic acid groups (broad SMARTS) is 1. The lowest BCUT2D eigenvalue weighted by Crippen LogP contribution is -2.28. The lowest BCUT2D eigenvalue weighted by molar-refractivity contribution is -0.147. The van der Waals surface area contributed by atoms with Gasteiger partial charge in [0.15, 0.2) is 0 Å². The Labute approximate surface area is 135 Å². The first-order valence-corrected chi connectivity index (χ1v) is 7.57. The van der Waals surface area contributed by atoms with Crippen molar-refractivity contribution in [3.05, 3.63) is 53.6 Å². The van der Waals surface area contributed by atoms with Crippen molar-refractivity contribution < 1.29 is 14.3 Å². The Morgan fingerprint density at radius 3 is 2.65 bits per heavy atom.